The molecule has 0 fully saturated rings. The fraction of sp³-hybridized carbons (Fsp3) is 0.111. The number of rotatable bonds is 5. The second kappa shape index (κ2) is 6.76. The number of ether oxygens (including phenoxy) is 1. The van der Waals surface area contributed by atoms with Crippen LogP contribution in [0.15, 0.2) is 48.5 Å². The van der Waals surface area contributed by atoms with Gasteiger partial charge in [0, 0.05) is 16.8 Å². The maximum atomic E-state index is 11.0. The van der Waals surface area contributed by atoms with Gasteiger partial charge in [0.25, 0.3) is 0 Å². The first-order chi connectivity index (χ1) is 11.6. The van der Waals surface area contributed by atoms with Crippen molar-refractivity contribution in [2.24, 2.45) is 0 Å². The summed E-state index contributed by atoms with van der Waals surface area (Å²) < 4.78 is 5.15. The Morgan fingerprint density at radius 1 is 1.25 bits per heavy atom. The maximum Gasteiger partial charge on any atom is 0.309 e. The molecule has 2 aromatic carbocycles. The molecule has 0 saturated carbocycles. The Hall–Kier alpha value is -2.79. The Kier molecular flexibility index (Phi) is 4.53. The standard InChI is InChI=1S/C18H15ClN2O3/c1-24-17-7-6-11(8-14(17)19)20-16-9-12(10-18(22)23)21-15-5-3-2-4-13(15)16/h2-9H,10H2,1H3,(H,20,21)(H,22,23). The van der Waals surface area contributed by atoms with Crippen LogP contribution in [0.1, 0.15) is 5.69 Å². The number of hydrogen-bond acceptors (Lipinski definition) is 4. The summed E-state index contributed by atoms with van der Waals surface area (Å²) in [4.78, 5) is 15.4. The fourth-order valence-corrected chi connectivity index (χ4v) is 2.74. The highest BCUT2D eigenvalue weighted by Crippen LogP contribution is 2.31. The molecular weight excluding hydrogens is 328 g/mol. The number of pyridine rings is 1. The van der Waals surface area contributed by atoms with Gasteiger partial charge in [-0.25, -0.2) is 0 Å². The number of halogens is 1. The molecule has 0 saturated heterocycles. The van der Waals surface area contributed by atoms with Crippen LogP contribution < -0.4 is 10.1 Å². The minimum atomic E-state index is -0.920. The summed E-state index contributed by atoms with van der Waals surface area (Å²) in [7, 11) is 1.56. The molecule has 0 aliphatic carbocycles. The molecule has 0 radical (unpaired) electrons. The van der Waals surface area contributed by atoms with Gasteiger partial charge in [-0.2, -0.15) is 0 Å². The number of para-hydroxylation sites is 1. The molecule has 0 bridgehead atoms. The van der Waals surface area contributed by atoms with Crippen molar-refractivity contribution in [3.63, 3.8) is 0 Å². The van der Waals surface area contributed by atoms with Crippen molar-refractivity contribution in [3.05, 3.63) is 59.2 Å². The lowest BCUT2D eigenvalue weighted by atomic mass is 10.1. The van der Waals surface area contributed by atoms with Crippen LogP contribution >= 0.6 is 11.6 Å². The zero-order valence-electron chi connectivity index (χ0n) is 12.9. The molecule has 0 amide bonds. The molecule has 0 aliphatic rings. The number of carboxylic acids is 1. The normalized spacial score (nSPS) is 10.6. The van der Waals surface area contributed by atoms with Crippen LogP contribution in [0.25, 0.3) is 10.9 Å². The van der Waals surface area contributed by atoms with Crippen molar-refractivity contribution >= 4 is 39.8 Å². The lowest BCUT2D eigenvalue weighted by Gasteiger charge is -2.12. The Morgan fingerprint density at radius 3 is 2.75 bits per heavy atom. The molecule has 1 heterocycles. The average Bonchev–Trinajstić information content (AvgIpc) is 2.54. The first kappa shape index (κ1) is 16.1. The topological polar surface area (TPSA) is 71.5 Å². The van der Waals surface area contributed by atoms with Crippen molar-refractivity contribution in [2.45, 2.75) is 6.42 Å². The summed E-state index contributed by atoms with van der Waals surface area (Å²) in [6.45, 7) is 0. The minimum Gasteiger partial charge on any atom is -0.495 e. The summed E-state index contributed by atoms with van der Waals surface area (Å²) in [5.74, 6) is -0.329. The van der Waals surface area contributed by atoms with Crippen molar-refractivity contribution < 1.29 is 14.6 Å². The van der Waals surface area contributed by atoms with Crippen LogP contribution in [0.4, 0.5) is 11.4 Å². The molecule has 6 heteroatoms. The van der Waals surface area contributed by atoms with Crippen LogP contribution in [0, 0.1) is 0 Å². The van der Waals surface area contributed by atoms with Gasteiger partial charge in [0.15, 0.2) is 0 Å². The van der Waals surface area contributed by atoms with Crippen molar-refractivity contribution in [3.8, 4) is 5.75 Å². The highest BCUT2D eigenvalue weighted by molar-refractivity contribution is 6.32. The van der Waals surface area contributed by atoms with E-state index in [0.717, 1.165) is 22.3 Å². The van der Waals surface area contributed by atoms with E-state index in [-0.39, 0.29) is 6.42 Å². The number of methoxy groups -OCH3 is 1. The van der Waals surface area contributed by atoms with Gasteiger partial charge in [-0.15, -0.1) is 0 Å². The van der Waals surface area contributed by atoms with Crippen LogP contribution in [0.3, 0.4) is 0 Å². The van der Waals surface area contributed by atoms with E-state index in [1.54, 1.807) is 25.3 Å². The van der Waals surface area contributed by atoms with E-state index in [2.05, 4.69) is 10.3 Å². The number of anilines is 2. The van der Waals surface area contributed by atoms with E-state index in [0.29, 0.717) is 16.5 Å². The van der Waals surface area contributed by atoms with Gasteiger partial charge in [-0.3, -0.25) is 9.78 Å². The Labute approximate surface area is 143 Å². The second-order valence-electron chi connectivity index (χ2n) is 5.22. The number of benzene rings is 2. The van der Waals surface area contributed by atoms with Gasteiger partial charge < -0.3 is 15.2 Å². The molecule has 0 spiro atoms. The van der Waals surface area contributed by atoms with Gasteiger partial charge in [-0.1, -0.05) is 29.8 Å². The molecule has 0 unspecified atom stereocenters. The monoisotopic (exact) mass is 342 g/mol. The molecule has 0 aliphatic heterocycles. The molecule has 2 N–H and O–H groups in total. The van der Waals surface area contributed by atoms with E-state index < -0.39 is 5.97 Å². The van der Waals surface area contributed by atoms with E-state index in [1.165, 1.54) is 0 Å². The summed E-state index contributed by atoms with van der Waals surface area (Å²) in [5.41, 5.74) is 2.78. The van der Waals surface area contributed by atoms with Gasteiger partial charge in [-0.05, 0) is 30.3 Å². The Morgan fingerprint density at radius 2 is 2.04 bits per heavy atom. The Balaban J connectivity index is 2.04. The number of aromatic nitrogens is 1. The third-order valence-electron chi connectivity index (χ3n) is 3.53. The van der Waals surface area contributed by atoms with Gasteiger partial charge in [0.2, 0.25) is 0 Å². The molecule has 1 aromatic heterocycles. The van der Waals surface area contributed by atoms with Crippen LogP contribution in [-0.2, 0) is 11.2 Å². The third-order valence-corrected chi connectivity index (χ3v) is 3.83. The van der Waals surface area contributed by atoms with E-state index >= 15 is 0 Å². The lowest BCUT2D eigenvalue weighted by Crippen LogP contribution is -2.04. The molecule has 5 nitrogen and oxygen atoms in total. The van der Waals surface area contributed by atoms with E-state index in [9.17, 15) is 4.79 Å². The quantitative estimate of drug-likeness (QED) is 0.724. The van der Waals surface area contributed by atoms with Crippen LogP contribution in [-0.4, -0.2) is 23.2 Å². The predicted octanol–water partition coefficient (Wildman–Crippen LogP) is 4.27. The first-order valence-electron chi connectivity index (χ1n) is 7.28. The van der Waals surface area contributed by atoms with Gasteiger partial charge >= 0.3 is 5.97 Å². The van der Waals surface area contributed by atoms with Crippen molar-refractivity contribution in [2.75, 3.05) is 12.4 Å². The predicted molar refractivity (Wildman–Crippen MR) is 94.4 cm³/mol. The Bertz CT molecular complexity index is 912. The van der Waals surface area contributed by atoms with Gasteiger partial charge in [0.1, 0.15) is 5.75 Å². The number of carboxylic acid groups (broad SMARTS) is 1. The fourth-order valence-electron chi connectivity index (χ4n) is 2.48. The number of fused-ring (bicyclic) bond motifs is 1. The summed E-state index contributed by atoms with van der Waals surface area (Å²) in [5, 5.41) is 13.7. The lowest BCUT2D eigenvalue weighted by molar-refractivity contribution is -0.136. The molecular formula is C18H15ClN2O3. The zero-order valence-corrected chi connectivity index (χ0v) is 13.7. The largest absolute Gasteiger partial charge is 0.495 e. The number of nitrogens with one attached hydrogen (secondary N) is 1. The van der Waals surface area contributed by atoms with Crippen molar-refractivity contribution in [1.82, 2.24) is 4.98 Å². The highest BCUT2D eigenvalue weighted by Gasteiger charge is 2.10. The number of aliphatic carboxylic acids is 1. The minimum absolute atomic E-state index is 0.136. The molecule has 0 atom stereocenters. The SMILES string of the molecule is COc1ccc(Nc2cc(CC(=O)O)nc3ccccc23)cc1Cl. The molecule has 3 aromatic rings. The summed E-state index contributed by atoms with van der Waals surface area (Å²) in [6, 6.07) is 14.7. The highest BCUT2D eigenvalue weighted by atomic mass is 35.5. The number of nitrogens with zero attached hydrogens (tertiary/aromatic N) is 1. The van der Waals surface area contributed by atoms with E-state index in [4.69, 9.17) is 21.4 Å². The van der Waals surface area contributed by atoms with Crippen LogP contribution in [0.2, 0.25) is 5.02 Å². The summed E-state index contributed by atoms with van der Waals surface area (Å²) in [6.07, 6.45) is -0.136. The average molecular weight is 343 g/mol. The molecule has 3 rings (SSSR count). The maximum absolute atomic E-state index is 11.0. The molecule has 122 valence electrons. The molecule has 24 heavy (non-hydrogen) atoms. The second-order valence-corrected chi connectivity index (χ2v) is 5.63. The van der Waals surface area contributed by atoms with Gasteiger partial charge in [0.05, 0.1) is 29.8 Å². The third kappa shape index (κ3) is 3.41. The van der Waals surface area contributed by atoms with E-state index in [1.807, 2.05) is 30.3 Å². The zero-order chi connectivity index (χ0) is 17.1. The van der Waals surface area contributed by atoms with Crippen LogP contribution in [0.5, 0.6) is 5.75 Å². The number of carbonyl (C=O) groups is 1. The van der Waals surface area contributed by atoms with Crippen molar-refractivity contribution in [1.29, 1.82) is 0 Å². The first-order valence-corrected chi connectivity index (χ1v) is 7.65. The smallest absolute Gasteiger partial charge is 0.309 e. The number of hydrogen-bond donors (Lipinski definition) is 2. The summed E-state index contributed by atoms with van der Waals surface area (Å²) >= 11 is 6.16.